The summed E-state index contributed by atoms with van der Waals surface area (Å²) in [6, 6.07) is 71.7. The molecule has 3 aromatic heterocycles. The van der Waals surface area contributed by atoms with E-state index in [2.05, 4.69) is 215 Å². The molecule has 1 aliphatic rings. The molecule has 3 heterocycles. The second-order valence-corrected chi connectivity index (χ2v) is 17.1. The minimum Gasteiger partial charge on any atom is -0.292 e. The van der Waals surface area contributed by atoms with Gasteiger partial charge >= 0.3 is 0 Å². The summed E-state index contributed by atoms with van der Waals surface area (Å²) in [6.45, 7) is 0. The Bertz CT molecular complexity index is 3590. The monoisotopic (exact) mass is 819 g/mol. The van der Waals surface area contributed by atoms with Crippen LogP contribution in [0.2, 0.25) is 0 Å². The molecule has 9 aromatic carbocycles. The number of pyridine rings is 1. The van der Waals surface area contributed by atoms with Gasteiger partial charge in [-0.25, -0.2) is 15.0 Å². The Hall–Kier alpha value is -8.15. The van der Waals surface area contributed by atoms with E-state index >= 15 is 0 Å². The Labute approximate surface area is 370 Å². The van der Waals surface area contributed by atoms with Gasteiger partial charge in [-0.15, -0.1) is 0 Å². The number of hydrogen-bond acceptors (Lipinski definition) is 3. The first-order valence-electron chi connectivity index (χ1n) is 22.3. The quantitative estimate of drug-likeness (QED) is 0.124. The van der Waals surface area contributed by atoms with Crippen LogP contribution < -0.4 is 0 Å². The molecule has 0 saturated carbocycles. The number of para-hydroxylation sites is 6. The average Bonchev–Trinajstić information content (AvgIpc) is 3.96. The van der Waals surface area contributed by atoms with Gasteiger partial charge in [0.2, 0.25) is 0 Å². The van der Waals surface area contributed by atoms with Crippen LogP contribution in [-0.2, 0) is 0 Å². The summed E-state index contributed by atoms with van der Waals surface area (Å²) in [5.74, 6) is 2.12. The fraction of sp³-hybridized carbons (Fsp3) is 0.0678. The number of fused-ring (bicyclic) bond motifs is 8. The summed E-state index contributed by atoms with van der Waals surface area (Å²) in [5, 5.41) is 7.24. The number of hydrogen-bond donors (Lipinski definition) is 0. The highest BCUT2D eigenvalue weighted by Gasteiger charge is 2.25. The van der Waals surface area contributed by atoms with Crippen molar-refractivity contribution in [2.45, 2.75) is 25.2 Å². The lowest BCUT2D eigenvalue weighted by Gasteiger charge is -2.25. The van der Waals surface area contributed by atoms with Crippen molar-refractivity contribution in [1.82, 2.24) is 24.1 Å². The Morgan fingerprint density at radius 2 is 0.906 bits per heavy atom. The van der Waals surface area contributed by atoms with Crippen molar-refractivity contribution >= 4 is 71.0 Å². The number of nitrogens with zero attached hydrogens (tertiary/aromatic N) is 5. The third-order valence-corrected chi connectivity index (χ3v) is 13.4. The summed E-state index contributed by atoms with van der Waals surface area (Å²) in [4.78, 5) is 16.2. The second kappa shape index (κ2) is 14.7. The molecule has 1 atom stereocenters. The van der Waals surface area contributed by atoms with Crippen LogP contribution in [0.1, 0.15) is 36.3 Å². The van der Waals surface area contributed by atoms with E-state index < -0.39 is 0 Å². The second-order valence-electron chi connectivity index (χ2n) is 17.1. The van der Waals surface area contributed by atoms with E-state index in [4.69, 9.17) is 15.0 Å². The summed E-state index contributed by atoms with van der Waals surface area (Å²) < 4.78 is 4.62. The first kappa shape index (κ1) is 36.5. The van der Waals surface area contributed by atoms with Gasteiger partial charge in [-0.05, 0) is 119 Å². The van der Waals surface area contributed by atoms with Gasteiger partial charge in [-0.1, -0.05) is 140 Å². The molecular weight excluding hydrogens is 779 g/mol. The number of imidazole rings is 2. The molecular formula is C59H41N5. The van der Waals surface area contributed by atoms with E-state index in [0.29, 0.717) is 0 Å². The van der Waals surface area contributed by atoms with Gasteiger partial charge in [0.25, 0.3) is 0 Å². The molecule has 0 N–H and O–H groups in total. The SMILES string of the molecule is C1=C(c2c3ccc4ccccc4c3nc3c2ccc2ccccc23)CCC(c2cc(-c3nc4ccccc4n3-c3ccccc3)cc(-c3nc4ccccc4n3-c3ccccc3)c2)C1. The van der Waals surface area contributed by atoms with Crippen molar-refractivity contribution in [3.8, 4) is 34.2 Å². The molecule has 1 unspecified atom stereocenters. The molecule has 5 heteroatoms. The average molecular weight is 820 g/mol. The fourth-order valence-electron chi connectivity index (χ4n) is 10.4. The third-order valence-electron chi connectivity index (χ3n) is 13.4. The molecule has 0 radical (unpaired) electrons. The van der Waals surface area contributed by atoms with E-state index in [1.807, 2.05) is 0 Å². The predicted octanol–water partition coefficient (Wildman–Crippen LogP) is 15.1. The van der Waals surface area contributed by atoms with Crippen LogP contribution in [0.5, 0.6) is 0 Å². The number of benzene rings is 9. The molecule has 12 aromatic rings. The van der Waals surface area contributed by atoms with Gasteiger partial charge in [-0.2, -0.15) is 0 Å². The summed E-state index contributed by atoms with van der Waals surface area (Å²) in [6.07, 6.45) is 5.39. The lowest BCUT2D eigenvalue weighted by Crippen LogP contribution is -2.07. The van der Waals surface area contributed by atoms with Gasteiger partial charge in [-0.3, -0.25) is 9.13 Å². The lowest BCUT2D eigenvalue weighted by atomic mass is 9.80. The van der Waals surface area contributed by atoms with Crippen molar-refractivity contribution in [1.29, 1.82) is 0 Å². The minimum atomic E-state index is 0.285. The van der Waals surface area contributed by atoms with Crippen LogP contribution in [0, 0.1) is 0 Å². The van der Waals surface area contributed by atoms with Gasteiger partial charge in [0.05, 0.1) is 33.1 Å². The standard InChI is InChI=1S/C59H41N5/c1-3-17-45(18-4-1)63-53-25-13-11-23-51(53)60-58(63)43-35-42(36-44(37-43)59-61-52-24-12-14-26-54(52)64(59)46-19-5-2-6-20-46)38-27-29-41(30-28-38)55-49-33-31-39-15-7-9-21-47(39)56(49)62-57-48-22-10-8-16-40(48)32-34-50(55)57/h1-26,29,31-38H,27-28,30H2. The van der Waals surface area contributed by atoms with Crippen molar-refractivity contribution in [3.63, 3.8) is 0 Å². The van der Waals surface area contributed by atoms with Crippen molar-refractivity contribution < 1.29 is 0 Å². The molecule has 0 bridgehead atoms. The van der Waals surface area contributed by atoms with Crippen LogP contribution in [0.25, 0.3) is 105 Å². The fourth-order valence-corrected chi connectivity index (χ4v) is 10.4. The topological polar surface area (TPSA) is 48.5 Å². The molecule has 5 nitrogen and oxygen atoms in total. The lowest BCUT2D eigenvalue weighted by molar-refractivity contribution is 0.626. The summed E-state index contributed by atoms with van der Waals surface area (Å²) in [5.41, 5.74) is 14.5. The van der Waals surface area contributed by atoms with Crippen molar-refractivity contribution in [2.24, 2.45) is 0 Å². The Morgan fingerprint density at radius 3 is 1.42 bits per heavy atom. The van der Waals surface area contributed by atoms with E-state index in [0.717, 1.165) is 86.5 Å². The highest BCUT2D eigenvalue weighted by atomic mass is 15.1. The smallest absolute Gasteiger partial charge is 0.145 e. The van der Waals surface area contributed by atoms with Crippen LogP contribution in [-0.4, -0.2) is 24.1 Å². The molecule has 0 spiro atoms. The van der Waals surface area contributed by atoms with Gasteiger partial charge in [0.1, 0.15) is 11.6 Å². The zero-order valence-electron chi connectivity index (χ0n) is 35.1. The molecule has 0 saturated heterocycles. The molecule has 13 rings (SSSR count). The number of aromatic nitrogens is 5. The summed E-state index contributed by atoms with van der Waals surface area (Å²) in [7, 11) is 0. The first-order chi connectivity index (χ1) is 31.7. The number of allylic oxidation sites excluding steroid dienone is 2. The summed E-state index contributed by atoms with van der Waals surface area (Å²) >= 11 is 0. The third kappa shape index (κ3) is 5.89. The molecule has 64 heavy (non-hydrogen) atoms. The maximum absolute atomic E-state index is 5.48. The van der Waals surface area contributed by atoms with E-state index in [1.165, 1.54) is 49.0 Å². The van der Waals surface area contributed by atoms with Gasteiger partial charge in [0, 0.05) is 44.0 Å². The Morgan fingerprint density at radius 1 is 0.422 bits per heavy atom. The molecule has 302 valence electrons. The predicted molar refractivity (Wildman–Crippen MR) is 265 cm³/mol. The molecule has 1 aliphatic carbocycles. The zero-order valence-corrected chi connectivity index (χ0v) is 35.1. The Balaban J connectivity index is 1.00. The van der Waals surface area contributed by atoms with E-state index in [1.54, 1.807) is 0 Å². The van der Waals surface area contributed by atoms with Gasteiger partial charge < -0.3 is 0 Å². The van der Waals surface area contributed by atoms with Crippen LogP contribution >= 0.6 is 0 Å². The van der Waals surface area contributed by atoms with Crippen molar-refractivity contribution in [2.75, 3.05) is 0 Å². The molecule has 0 fully saturated rings. The highest BCUT2D eigenvalue weighted by Crippen LogP contribution is 2.45. The molecule has 0 aliphatic heterocycles. The van der Waals surface area contributed by atoms with Crippen LogP contribution in [0.3, 0.4) is 0 Å². The van der Waals surface area contributed by atoms with E-state index in [-0.39, 0.29) is 5.92 Å². The van der Waals surface area contributed by atoms with Crippen LogP contribution in [0.15, 0.2) is 206 Å². The maximum Gasteiger partial charge on any atom is 0.145 e. The van der Waals surface area contributed by atoms with Gasteiger partial charge in [0.15, 0.2) is 0 Å². The largest absolute Gasteiger partial charge is 0.292 e. The Kier molecular flexibility index (Phi) is 8.41. The molecule has 0 amide bonds. The normalized spacial score (nSPS) is 14.3. The van der Waals surface area contributed by atoms with E-state index in [9.17, 15) is 0 Å². The minimum absolute atomic E-state index is 0.285. The first-order valence-corrected chi connectivity index (χ1v) is 22.3. The maximum atomic E-state index is 5.48. The highest BCUT2D eigenvalue weighted by molar-refractivity contribution is 6.18. The number of rotatable bonds is 6. The van der Waals surface area contributed by atoms with Crippen molar-refractivity contribution in [3.05, 3.63) is 217 Å². The zero-order chi connectivity index (χ0) is 42.1. The van der Waals surface area contributed by atoms with Crippen LogP contribution in [0.4, 0.5) is 0 Å².